The minimum atomic E-state index is 0. The highest BCUT2D eigenvalue weighted by molar-refractivity contribution is 7.96. The Bertz CT molecular complexity index is 58.4. The summed E-state index contributed by atoms with van der Waals surface area (Å²) in [5.74, 6) is 4.15. The molecule has 86 valence electrons. The van der Waals surface area contributed by atoms with Crippen molar-refractivity contribution >= 4 is 21.8 Å². The fraction of sp³-hybridized carbons (Fsp3) is 1.00. The normalized spacial score (nSPS) is 8.31. The van der Waals surface area contributed by atoms with Crippen LogP contribution in [0.15, 0.2) is 0 Å². The molecule has 0 saturated heterocycles. The van der Waals surface area contributed by atoms with Crippen LogP contribution < -0.4 is 24.8 Å². The number of hydrogen-bond donors (Lipinski definition) is 0. The lowest BCUT2D eigenvalue weighted by Crippen LogP contribution is -3.00. The van der Waals surface area contributed by atoms with Gasteiger partial charge in [-0.25, -0.2) is 0 Å². The summed E-state index contributed by atoms with van der Waals surface area (Å²) in [5.41, 5.74) is 0. The van der Waals surface area contributed by atoms with E-state index in [0.717, 1.165) is 10.9 Å². The van der Waals surface area contributed by atoms with Crippen molar-refractivity contribution in [3.63, 3.8) is 0 Å². The van der Waals surface area contributed by atoms with Crippen molar-refractivity contribution in [3.8, 4) is 0 Å². The van der Waals surface area contributed by atoms with Gasteiger partial charge in [-0.2, -0.15) is 0 Å². The predicted octanol–water partition coefficient (Wildman–Crippen LogP) is -3.83. The molecule has 4 heteroatoms. The highest BCUT2D eigenvalue weighted by Crippen LogP contribution is 1.92. The van der Waals surface area contributed by atoms with E-state index in [0.29, 0.717) is 10.9 Å². The van der Waals surface area contributed by atoms with Crippen molar-refractivity contribution in [2.45, 2.75) is 20.8 Å². The second-order valence-corrected chi connectivity index (χ2v) is 8.11. The Labute approximate surface area is 103 Å². The Morgan fingerprint density at radius 3 is 0.846 bits per heavy atom. The highest BCUT2D eigenvalue weighted by atomic mass is 35.5. The van der Waals surface area contributed by atoms with E-state index in [1.807, 2.05) is 0 Å². The van der Waals surface area contributed by atoms with E-state index in [2.05, 4.69) is 39.5 Å². The van der Waals surface area contributed by atoms with Gasteiger partial charge in [0.05, 0.1) is 18.8 Å². The van der Waals surface area contributed by atoms with Crippen molar-refractivity contribution in [1.29, 1.82) is 0 Å². The molecule has 0 aromatic carbocycles. The second-order valence-electron chi connectivity index (χ2n) is 2.70. The molecule has 0 bridgehead atoms. The second kappa shape index (κ2) is 18.9. The summed E-state index contributed by atoms with van der Waals surface area (Å²) in [5, 5.41) is 0. The van der Waals surface area contributed by atoms with Crippen molar-refractivity contribution in [2.24, 2.45) is 0 Å². The third-order valence-corrected chi connectivity index (χ3v) is 3.67. The maximum atomic E-state index is 2.27. The fourth-order valence-electron chi connectivity index (χ4n) is 0.612. The molecule has 0 aliphatic heterocycles. The molecule has 0 unspecified atom stereocenters. The van der Waals surface area contributed by atoms with Gasteiger partial charge in [-0.1, -0.05) is 0 Å². The van der Waals surface area contributed by atoms with Crippen LogP contribution in [0, 0.1) is 0 Å². The smallest absolute Gasteiger partial charge is 0.105 e. The van der Waals surface area contributed by atoms with Crippen LogP contribution >= 0.6 is 0 Å². The molecule has 0 N–H and O–H groups in total. The molecule has 0 atom stereocenters. The van der Waals surface area contributed by atoms with Crippen LogP contribution in [0.1, 0.15) is 20.8 Å². The average molecular weight is 267 g/mol. The van der Waals surface area contributed by atoms with Gasteiger partial charge in [0.1, 0.15) is 17.3 Å². The Hall–Kier alpha value is 1.28. The molecule has 0 spiro atoms. The number of halogens is 2. The molecule has 0 amide bonds. The van der Waals surface area contributed by atoms with Crippen LogP contribution in [-0.4, -0.2) is 36.0 Å². The van der Waals surface area contributed by atoms with Crippen LogP contribution in [0.5, 0.6) is 0 Å². The summed E-state index contributed by atoms with van der Waals surface area (Å²) in [6, 6.07) is 0. The lowest BCUT2D eigenvalue weighted by atomic mass is 10.9. The molecule has 0 saturated carbocycles. The third-order valence-electron chi connectivity index (χ3n) is 1.22. The van der Waals surface area contributed by atoms with Crippen molar-refractivity contribution in [3.05, 3.63) is 0 Å². The van der Waals surface area contributed by atoms with E-state index in [9.17, 15) is 0 Å². The zero-order chi connectivity index (χ0) is 9.28. The van der Waals surface area contributed by atoms with Gasteiger partial charge in [0.15, 0.2) is 0 Å². The monoisotopic (exact) mass is 266 g/mol. The van der Waals surface area contributed by atoms with Crippen molar-refractivity contribution < 1.29 is 24.8 Å². The van der Waals surface area contributed by atoms with E-state index < -0.39 is 0 Å². The Balaban J connectivity index is -0.0000000600. The first-order valence-electron chi connectivity index (χ1n) is 4.21. The summed E-state index contributed by atoms with van der Waals surface area (Å²) in [6.07, 6.45) is 6.58. The lowest BCUT2D eigenvalue weighted by Gasteiger charge is -1.96. The zero-order valence-corrected chi connectivity index (χ0v) is 12.8. The van der Waals surface area contributed by atoms with Gasteiger partial charge in [-0.05, 0) is 42.6 Å². The third kappa shape index (κ3) is 31.9. The molecule has 13 heavy (non-hydrogen) atoms. The summed E-state index contributed by atoms with van der Waals surface area (Å²) >= 11 is 0. The van der Waals surface area contributed by atoms with Crippen LogP contribution in [0.4, 0.5) is 0 Å². The Morgan fingerprint density at radius 1 is 0.692 bits per heavy atom. The molecule has 0 nitrogen and oxygen atoms in total. The highest BCUT2D eigenvalue weighted by Gasteiger charge is 2.05. The minimum absolute atomic E-state index is 0. The quantitative estimate of drug-likeness (QED) is 0.460. The van der Waals surface area contributed by atoms with Crippen molar-refractivity contribution in [1.82, 2.24) is 0 Å². The largest absolute Gasteiger partial charge is 1.00 e. The predicted molar refractivity (Wildman–Crippen MR) is 64.1 cm³/mol. The lowest BCUT2D eigenvalue weighted by molar-refractivity contribution is -0.00100. The van der Waals surface area contributed by atoms with E-state index in [1.54, 1.807) is 0 Å². The first-order chi connectivity index (χ1) is 5.08. The maximum absolute atomic E-state index is 2.27. The SMILES string of the molecule is CC[S+](CC)CC.C[S+](C)C.[Cl-].[Cl-]. The molecule has 0 aliphatic rings. The standard InChI is InChI=1S/C6H15S.C3H9S.2ClH/c1-4-7(5-2)6-3;1-4(2)3;;/h4-6H2,1-3H3;1-3H3;2*1H/q2*+1;;/p-2. The molecular formula is C9H24Cl2S2. The Kier molecular flexibility index (Phi) is 34.7. The molecule has 0 heterocycles. The summed E-state index contributed by atoms with van der Waals surface area (Å²) < 4.78 is 0. The van der Waals surface area contributed by atoms with Crippen LogP contribution in [-0.2, 0) is 21.8 Å². The van der Waals surface area contributed by atoms with Gasteiger partial charge < -0.3 is 24.8 Å². The van der Waals surface area contributed by atoms with E-state index >= 15 is 0 Å². The molecule has 0 fully saturated rings. The average Bonchev–Trinajstić information content (AvgIpc) is 1.90. The molecular weight excluding hydrogens is 243 g/mol. The van der Waals surface area contributed by atoms with Gasteiger partial charge >= 0.3 is 0 Å². The molecule has 0 aliphatic carbocycles. The van der Waals surface area contributed by atoms with Gasteiger partial charge in [-0.3, -0.25) is 0 Å². The van der Waals surface area contributed by atoms with Gasteiger partial charge in [0.2, 0.25) is 0 Å². The van der Waals surface area contributed by atoms with Gasteiger partial charge in [0, 0.05) is 0 Å². The van der Waals surface area contributed by atoms with Gasteiger partial charge in [-0.15, -0.1) is 0 Å². The topological polar surface area (TPSA) is 0 Å². The first kappa shape index (κ1) is 23.8. The van der Waals surface area contributed by atoms with Crippen LogP contribution in [0.2, 0.25) is 0 Å². The van der Waals surface area contributed by atoms with Crippen molar-refractivity contribution in [2.75, 3.05) is 36.0 Å². The van der Waals surface area contributed by atoms with Gasteiger partial charge in [0.25, 0.3) is 0 Å². The summed E-state index contributed by atoms with van der Waals surface area (Å²) in [6.45, 7) is 6.82. The molecule has 0 rings (SSSR count). The Morgan fingerprint density at radius 2 is 0.846 bits per heavy atom. The zero-order valence-electron chi connectivity index (χ0n) is 9.69. The van der Waals surface area contributed by atoms with E-state index in [1.165, 1.54) is 17.3 Å². The summed E-state index contributed by atoms with van der Waals surface area (Å²) in [4.78, 5) is 0. The molecule has 0 aromatic rings. The minimum Gasteiger partial charge on any atom is -1.00 e. The first-order valence-corrected chi connectivity index (χ1v) is 8.39. The van der Waals surface area contributed by atoms with Crippen LogP contribution in [0.3, 0.4) is 0 Å². The fourth-order valence-corrected chi connectivity index (χ4v) is 1.84. The number of hydrogen-bond acceptors (Lipinski definition) is 0. The van der Waals surface area contributed by atoms with E-state index in [-0.39, 0.29) is 24.8 Å². The van der Waals surface area contributed by atoms with Crippen LogP contribution in [0.25, 0.3) is 0 Å². The maximum Gasteiger partial charge on any atom is 0.105 e. The number of rotatable bonds is 3. The molecule has 0 aromatic heterocycles. The summed E-state index contributed by atoms with van der Waals surface area (Å²) in [7, 11) is 1.39. The molecule has 0 radical (unpaired) electrons. The van der Waals surface area contributed by atoms with E-state index in [4.69, 9.17) is 0 Å².